The van der Waals surface area contributed by atoms with Gasteiger partial charge in [-0.15, -0.1) is 11.3 Å². The fourth-order valence-electron chi connectivity index (χ4n) is 4.53. The summed E-state index contributed by atoms with van der Waals surface area (Å²) in [6.07, 6.45) is 1.82. The first-order chi connectivity index (χ1) is 16.4. The monoisotopic (exact) mass is 498 g/mol. The number of fused-ring (bicyclic) bond motifs is 3. The molecule has 2 heterocycles. The van der Waals surface area contributed by atoms with Crippen LogP contribution in [0.4, 0.5) is 0 Å². The molecule has 0 unspecified atom stereocenters. The Morgan fingerprint density at radius 1 is 0.853 bits per heavy atom. The Bertz CT molecular complexity index is 1320. The highest BCUT2D eigenvalue weighted by Crippen LogP contribution is 2.41. The largest absolute Gasteiger partial charge is 0.497 e. The Balaban J connectivity index is 1.29. The van der Waals surface area contributed by atoms with Crippen molar-refractivity contribution in [3.63, 3.8) is 0 Å². The number of piperazine rings is 1. The van der Waals surface area contributed by atoms with E-state index in [1.165, 1.54) is 32.3 Å². The van der Waals surface area contributed by atoms with E-state index in [1.807, 2.05) is 12.1 Å². The van der Waals surface area contributed by atoms with Gasteiger partial charge in [0.2, 0.25) is 10.0 Å². The summed E-state index contributed by atoms with van der Waals surface area (Å²) in [6, 6.07) is 14.5. The lowest BCUT2D eigenvalue weighted by Crippen LogP contribution is -2.50. The first-order valence-electron chi connectivity index (χ1n) is 11.1. The van der Waals surface area contributed by atoms with E-state index in [4.69, 9.17) is 9.47 Å². The zero-order valence-corrected chi connectivity index (χ0v) is 20.7. The summed E-state index contributed by atoms with van der Waals surface area (Å²) in [5.74, 6) is 1.42. The Labute approximate surface area is 203 Å². The number of amides is 1. The van der Waals surface area contributed by atoms with E-state index in [-0.39, 0.29) is 23.9 Å². The lowest BCUT2D eigenvalue weighted by molar-refractivity contribution is 0.0702. The van der Waals surface area contributed by atoms with Crippen molar-refractivity contribution >= 4 is 27.3 Å². The molecular formula is C25H26N2O5S2. The SMILES string of the molecule is COc1ccc(S(=O)(=O)N2CCN(C(=O)c3cc4c(s3)-c3ccc(OC)cc3CC4)CC2)cc1. The van der Waals surface area contributed by atoms with E-state index in [1.54, 1.807) is 43.4 Å². The van der Waals surface area contributed by atoms with Crippen molar-refractivity contribution in [2.24, 2.45) is 0 Å². The molecule has 2 aromatic carbocycles. The third-order valence-corrected chi connectivity index (χ3v) is 9.58. The Morgan fingerprint density at radius 2 is 1.50 bits per heavy atom. The Morgan fingerprint density at radius 3 is 2.18 bits per heavy atom. The van der Waals surface area contributed by atoms with Crippen LogP contribution in [0.1, 0.15) is 20.8 Å². The van der Waals surface area contributed by atoms with Gasteiger partial charge in [-0.05, 0) is 78.1 Å². The summed E-state index contributed by atoms with van der Waals surface area (Å²) in [7, 11) is -0.402. The fraction of sp³-hybridized carbons (Fsp3) is 0.320. The van der Waals surface area contributed by atoms with Gasteiger partial charge in [-0.2, -0.15) is 4.31 Å². The molecule has 0 spiro atoms. The van der Waals surface area contributed by atoms with Gasteiger partial charge in [-0.25, -0.2) is 8.42 Å². The lowest BCUT2D eigenvalue weighted by atomic mass is 9.91. The van der Waals surface area contributed by atoms with Crippen molar-refractivity contribution < 1.29 is 22.7 Å². The van der Waals surface area contributed by atoms with E-state index >= 15 is 0 Å². The van der Waals surface area contributed by atoms with Gasteiger partial charge in [0.05, 0.1) is 24.0 Å². The molecule has 5 rings (SSSR count). The molecule has 34 heavy (non-hydrogen) atoms. The zero-order valence-electron chi connectivity index (χ0n) is 19.1. The summed E-state index contributed by atoms with van der Waals surface area (Å²) in [5, 5.41) is 0. The molecule has 3 aromatic rings. The predicted molar refractivity (Wildman–Crippen MR) is 131 cm³/mol. The van der Waals surface area contributed by atoms with Gasteiger partial charge >= 0.3 is 0 Å². The lowest BCUT2D eigenvalue weighted by Gasteiger charge is -2.33. The highest BCUT2D eigenvalue weighted by molar-refractivity contribution is 7.89. The number of sulfonamides is 1. The fourth-order valence-corrected chi connectivity index (χ4v) is 7.19. The number of hydrogen-bond acceptors (Lipinski definition) is 6. The molecule has 1 aromatic heterocycles. The topological polar surface area (TPSA) is 76.2 Å². The molecule has 178 valence electrons. The molecule has 1 aliphatic carbocycles. The number of benzene rings is 2. The van der Waals surface area contributed by atoms with Crippen molar-refractivity contribution in [1.82, 2.24) is 9.21 Å². The Hall–Kier alpha value is -2.88. The van der Waals surface area contributed by atoms with E-state index in [9.17, 15) is 13.2 Å². The number of hydrogen-bond donors (Lipinski definition) is 0. The van der Waals surface area contributed by atoms with Gasteiger partial charge in [0.25, 0.3) is 5.91 Å². The smallest absolute Gasteiger partial charge is 0.264 e. The maximum atomic E-state index is 13.3. The van der Waals surface area contributed by atoms with Crippen LogP contribution in [0.3, 0.4) is 0 Å². The minimum atomic E-state index is -3.61. The van der Waals surface area contributed by atoms with Crippen molar-refractivity contribution in [3.05, 3.63) is 64.5 Å². The first kappa shape index (κ1) is 22.9. The normalized spacial score (nSPS) is 16.0. The number of carbonyl (C=O) groups is 1. The van der Waals surface area contributed by atoms with E-state index in [2.05, 4.69) is 12.1 Å². The highest BCUT2D eigenvalue weighted by atomic mass is 32.2. The zero-order chi connectivity index (χ0) is 23.9. The van der Waals surface area contributed by atoms with Crippen LogP contribution < -0.4 is 9.47 Å². The van der Waals surface area contributed by atoms with Crippen LogP contribution in [0.5, 0.6) is 11.5 Å². The number of nitrogens with zero attached hydrogens (tertiary/aromatic N) is 2. The summed E-state index contributed by atoms with van der Waals surface area (Å²) >= 11 is 1.52. The molecule has 0 atom stereocenters. The number of ether oxygens (including phenoxy) is 2. The van der Waals surface area contributed by atoms with Gasteiger partial charge in [0, 0.05) is 31.1 Å². The van der Waals surface area contributed by atoms with E-state index in [0.29, 0.717) is 23.7 Å². The molecule has 7 nitrogen and oxygen atoms in total. The second kappa shape index (κ2) is 9.05. The second-order valence-electron chi connectivity index (χ2n) is 8.36. The van der Waals surface area contributed by atoms with Gasteiger partial charge in [0.1, 0.15) is 11.5 Å². The maximum absolute atomic E-state index is 13.3. The van der Waals surface area contributed by atoms with Crippen LogP contribution in [-0.2, 0) is 22.9 Å². The van der Waals surface area contributed by atoms with Gasteiger partial charge in [-0.3, -0.25) is 4.79 Å². The van der Waals surface area contributed by atoms with Crippen LogP contribution >= 0.6 is 11.3 Å². The average molecular weight is 499 g/mol. The molecule has 0 bridgehead atoms. The maximum Gasteiger partial charge on any atom is 0.264 e. The van der Waals surface area contributed by atoms with Gasteiger partial charge < -0.3 is 14.4 Å². The second-order valence-corrected chi connectivity index (χ2v) is 11.4. The quantitative estimate of drug-likeness (QED) is 0.537. The molecule has 0 N–H and O–H groups in total. The molecule has 0 saturated carbocycles. The number of carbonyl (C=O) groups excluding carboxylic acids is 1. The van der Waals surface area contributed by atoms with Crippen molar-refractivity contribution in [2.75, 3.05) is 40.4 Å². The molecule has 1 aliphatic heterocycles. The van der Waals surface area contributed by atoms with Crippen LogP contribution in [0.2, 0.25) is 0 Å². The molecule has 1 amide bonds. The van der Waals surface area contributed by atoms with Crippen LogP contribution in [0.15, 0.2) is 53.4 Å². The minimum Gasteiger partial charge on any atom is -0.497 e. The third kappa shape index (κ3) is 4.08. The molecule has 0 radical (unpaired) electrons. The number of thiophene rings is 1. The first-order valence-corrected chi connectivity index (χ1v) is 13.4. The van der Waals surface area contributed by atoms with Crippen molar-refractivity contribution in [3.8, 4) is 21.9 Å². The highest BCUT2D eigenvalue weighted by Gasteiger charge is 2.32. The number of methoxy groups -OCH3 is 2. The van der Waals surface area contributed by atoms with Crippen LogP contribution in [0.25, 0.3) is 10.4 Å². The molecule has 1 saturated heterocycles. The van der Waals surface area contributed by atoms with Gasteiger partial charge in [-0.1, -0.05) is 0 Å². The predicted octanol–water partition coefficient (Wildman–Crippen LogP) is 3.68. The third-order valence-electron chi connectivity index (χ3n) is 6.46. The van der Waals surface area contributed by atoms with Crippen LogP contribution in [0, 0.1) is 0 Å². The molecule has 9 heteroatoms. The van der Waals surface area contributed by atoms with Gasteiger partial charge in [0.15, 0.2) is 0 Å². The van der Waals surface area contributed by atoms with Crippen LogP contribution in [-0.4, -0.2) is 63.9 Å². The van der Waals surface area contributed by atoms with Crippen molar-refractivity contribution in [1.29, 1.82) is 0 Å². The summed E-state index contributed by atoms with van der Waals surface area (Å²) in [4.78, 5) is 17.1. The van der Waals surface area contributed by atoms with Crippen molar-refractivity contribution in [2.45, 2.75) is 17.7 Å². The molecular weight excluding hydrogens is 472 g/mol. The number of aryl methyl sites for hydroxylation is 2. The molecule has 2 aliphatic rings. The Kier molecular flexibility index (Phi) is 6.09. The molecule has 1 fully saturated rings. The van der Waals surface area contributed by atoms with E-state index in [0.717, 1.165) is 23.5 Å². The average Bonchev–Trinajstić information content (AvgIpc) is 3.33. The summed E-state index contributed by atoms with van der Waals surface area (Å²) in [5.41, 5.74) is 3.61. The number of rotatable bonds is 5. The summed E-state index contributed by atoms with van der Waals surface area (Å²) < 4.78 is 37.9. The minimum absolute atomic E-state index is 0.0315. The van der Waals surface area contributed by atoms with E-state index < -0.39 is 10.0 Å². The summed E-state index contributed by atoms with van der Waals surface area (Å²) in [6.45, 7) is 1.27. The standard InChI is InChI=1S/C25H26N2O5S2/c1-31-19-5-8-21(9-6-19)34(29,30)27-13-11-26(12-14-27)25(28)23-16-18-4-3-17-15-20(32-2)7-10-22(17)24(18)33-23/h5-10,15-16H,3-4,11-14H2,1-2H3.